The molecule has 0 unspecified atom stereocenters. The Balaban J connectivity index is 4.35. The molecule has 6 nitrogen and oxygen atoms in total. The first-order valence-electron chi connectivity index (χ1n) is 28.5. The lowest BCUT2D eigenvalue weighted by Gasteiger charge is -2.18. The number of carbonyl (C=O) groups is 3. The highest BCUT2D eigenvalue weighted by molar-refractivity contribution is 5.71. The molecular weight excluding hydrogens is 805 g/mol. The lowest BCUT2D eigenvalue weighted by molar-refractivity contribution is -0.167. The van der Waals surface area contributed by atoms with Crippen molar-refractivity contribution in [2.24, 2.45) is 0 Å². The van der Waals surface area contributed by atoms with Crippen molar-refractivity contribution in [1.82, 2.24) is 0 Å². The van der Waals surface area contributed by atoms with Crippen LogP contribution >= 0.6 is 0 Å². The molecule has 0 radical (unpaired) electrons. The molecular formula is C59H108O6. The Kier molecular flexibility index (Phi) is 52.3. The van der Waals surface area contributed by atoms with Crippen LogP contribution in [0.25, 0.3) is 0 Å². The van der Waals surface area contributed by atoms with Crippen molar-refractivity contribution in [3.05, 3.63) is 36.5 Å². The molecule has 0 rings (SSSR count). The van der Waals surface area contributed by atoms with Crippen LogP contribution in [0.3, 0.4) is 0 Å². The summed E-state index contributed by atoms with van der Waals surface area (Å²) in [6.07, 6.45) is 64.2. The largest absolute Gasteiger partial charge is 0.462 e. The van der Waals surface area contributed by atoms with Gasteiger partial charge in [0.05, 0.1) is 0 Å². The summed E-state index contributed by atoms with van der Waals surface area (Å²) >= 11 is 0. The summed E-state index contributed by atoms with van der Waals surface area (Å²) in [7, 11) is 0. The number of rotatable bonds is 52. The van der Waals surface area contributed by atoms with Crippen molar-refractivity contribution in [3.63, 3.8) is 0 Å². The van der Waals surface area contributed by atoms with E-state index in [9.17, 15) is 14.4 Å². The van der Waals surface area contributed by atoms with Crippen LogP contribution < -0.4 is 0 Å². The van der Waals surface area contributed by atoms with Crippen molar-refractivity contribution in [3.8, 4) is 0 Å². The van der Waals surface area contributed by atoms with Crippen LogP contribution in [0.2, 0.25) is 0 Å². The molecule has 0 N–H and O–H groups in total. The quantitative estimate of drug-likeness (QED) is 0.0262. The van der Waals surface area contributed by atoms with Gasteiger partial charge in [-0.3, -0.25) is 14.4 Å². The number of unbranched alkanes of at least 4 members (excludes halogenated alkanes) is 35. The van der Waals surface area contributed by atoms with Gasteiger partial charge in [0.15, 0.2) is 6.10 Å². The molecule has 380 valence electrons. The van der Waals surface area contributed by atoms with E-state index in [0.29, 0.717) is 19.3 Å². The molecule has 65 heavy (non-hydrogen) atoms. The predicted octanol–water partition coefficient (Wildman–Crippen LogP) is 18.9. The first-order valence-corrected chi connectivity index (χ1v) is 28.5. The highest BCUT2D eigenvalue weighted by atomic mass is 16.6. The van der Waals surface area contributed by atoms with E-state index >= 15 is 0 Å². The van der Waals surface area contributed by atoms with Crippen LogP contribution in [0.15, 0.2) is 36.5 Å². The predicted molar refractivity (Wildman–Crippen MR) is 279 cm³/mol. The fourth-order valence-corrected chi connectivity index (χ4v) is 8.25. The number of ether oxygens (including phenoxy) is 3. The van der Waals surface area contributed by atoms with Crippen LogP contribution in [-0.2, 0) is 28.6 Å². The maximum Gasteiger partial charge on any atom is 0.306 e. The van der Waals surface area contributed by atoms with Gasteiger partial charge in [-0.15, -0.1) is 0 Å². The molecule has 0 bridgehead atoms. The summed E-state index contributed by atoms with van der Waals surface area (Å²) in [5.74, 6) is -0.886. The minimum absolute atomic E-state index is 0.0784. The Bertz CT molecular complexity index is 1090. The van der Waals surface area contributed by atoms with E-state index in [4.69, 9.17) is 14.2 Å². The summed E-state index contributed by atoms with van der Waals surface area (Å²) in [6.45, 7) is 6.63. The molecule has 6 heteroatoms. The number of esters is 3. The third kappa shape index (κ3) is 52.5. The molecule has 1 atom stereocenters. The summed E-state index contributed by atoms with van der Waals surface area (Å²) in [5, 5.41) is 0. The van der Waals surface area contributed by atoms with E-state index in [1.807, 2.05) is 0 Å². The molecule has 0 heterocycles. The lowest BCUT2D eigenvalue weighted by Crippen LogP contribution is -2.30. The number of hydrogen-bond donors (Lipinski definition) is 0. The van der Waals surface area contributed by atoms with Crippen LogP contribution in [0, 0.1) is 0 Å². The van der Waals surface area contributed by atoms with Gasteiger partial charge in [-0.1, -0.05) is 224 Å². The van der Waals surface area contributed by atoms with Gasteiger partial charge in [0.2, 0.25) is 0 Å². The van der Waals surface area contributed by atoms with Gasteiger partial charge in [-0.2, -0.15) is 0 Å². The van der Waals surface area contributed by atoms with Crippen molar-refractivity contribution in [2.75, 3.05) is 13.2 Å². The smallest absolute Gasteiger partial charge is 0.306 e. The van der Waals surface area contributed by atoms with Crippen LogP contribution in [0.1, 0.15) is 303 Å². The Morgan fingerprint density at radius 2 is 0.508 bits per heavy atom. The molecule has 0 saturated carbocycles. The van der Waals surface area contributed by atoms with E-state index in [-0.39, 0.29) is 31.1 Å². The van der Waals surface area contributed by atoms with Gasteiger partial charge in [0, 0.05) is 19.3 Å². The standard InChI is InChI=1S/C59H108O6/c1-4-7-10-13-16-19-22-25-27-28-29-30-32-34-37-40-43-46-49-52-58(61)64-55-56(54-63-57(60)51-48-45-42-39-36-33-24-21-18-15-12-9-6-3)65-59(62)53-50-47-44-41-38-35-31-26-23-20-17-14-11-8-5-2/h21,24,26,28-29,31,56H,4-20,22-23,25,27,30,32-55H2,1-3H3/b24-21-,29-28-,31-26-/t56-/m1/s1. The number of hydrogen-bond acceptors (Lipinski definition) is 6. The van der Waals surface area contributed by atoms with E-state index < -0.39 is 6.10 Å². The van der Waals surface area contributed by atoms with E-state index in [2.05, 4.69) is 57.2 Å². The van der Waals surface area contributed by atoms with E-state index in [1.165, 1.54) is 193 Å². The van der Waals surface area contributed by atoms with Crippen molar-refractivity contribution >= 4 is 17.9 Å². The van der Waals surface area contributed by atoms with E-state index in [0.717, 1.165) is 70.6 Å². The Labute approximate surface area is 404 Å². The fraction of sp³-hybridized carbons (Fsp3) is 0.847. The molecule has 0 saturated heterocycles. The molecule has 0 aromatic heterocycles. The Hall–Kier alpha value is -2.37. The second-order valence-corrected chi connectivity index (χ2v) is 19.2. The zero-order chi connectivity index (χ0) is 47.2. The SMILES string of the molecule is CCCCCC/C=C\CCCCCCCC(=O)OC[C@H](COC(=O)CCCCCCCCC/C=C\CCCCCCCCCC)OC(=O)CCCCCCC/C=C\CCCCCCCC. The number of carbonyl (C=O) groups excluding carboxylic acids is 3. The van der Waals surface area contributed by atoms with Crippen LogP contribution in [-0.4, -0.2) is 37.2 Å². The molecule has 0 aromatic rings. The molecule has 0 aliphatic rings. The minimum Gasteiger partial charge on any atom is -0.462 e. The molecule has 0 aromatic carbocycles. The number of allylic oxidation sites excluding steroid dienone is 6. The highest BCUT2D eigenvalue weighted by Gasteiger charge is 2.19. The van der Waals surface area contributed by atoms with Crippen molar-refractivity contribution in [1.29, 1.82) is 0 Å². The lowest BCUT2D eigenvalue weighted by atomic mass is 10.1. The molecule has 0 spiro atoms. The summed E-state index contributed by atoms with van der Waals surface area (Å²) in [5.41, 5.74) is 0. The van der Waals surface area contributed by atoms with Gasteiger partial charge >= 0.3 is 17.9 Å². The highest BCUT2D eigenvalue weighted by Crippen LogP contribution is 2.15. The van der Waals surface area contributed by atoms with Gasteiger partial charge in [-0.25, -0.2) is 0 Å². The fourth-order valence-electron chi connectivity index (χ4n) is 8.25. The summed E-state index contributed by atoms with van der Waals surface area (Å²) < 4.78 is 16.8. The Morgan fingerprint density at radius 1 is 0.292 bits per heavy atom. The van der Waals surface area contributed by atoms with Gasteiger partial charge < -0.3 is 14.2 Å². The van der Waals surface area contributed by atoms with E-state index in [1.54, 1.807) is 0 Å². The zero-order valence-corrected chi connectivity index (χ0v) is 43.5. The van der Waals surface area contributed by atoms with Gasteiger partial charge in [0.1, 0.15) is 13.2 Å². The van der Waals surface area contributed by atoms with Crippen LogP contribution in [0.4, 0.5) is 0 Å². The second kappa shape index (κ2) is 54.2. The third-order valence-electron chi connectivity index (χ3n) is 12.6. The maximum atomic E-state index is 12.8. The molecule has 0 fully saturated rings. The average molecular weight is 914 g/mol. The zero-order valence-electron chi connectivity index (χ0n) is 43.5. The van der Waals surface area contributed by atoms with Crippen molar-refractivity contribution < 1.29 is 28.6 Å². The molecule has 0 aliphatic carbocycles. The van der Waals surface area contributed by atoms with Gasteiger partial charge in [-0.05, 0) is 96.3 Å². The monoisotopic (exact) mass is 913 g/mol. The Morgan fingerprint density at radius 3 is 0.785 bits per heavy atom. The topological polar surface area (TPSA) is 78.9 Å². The molecule has 0 aliphatic heterocycles. The van der Waals surface area contributed by atoms with Gasteiger partial charge in [0.25, 0.3) is 0 Å². The average Bonchev–Trinajstić information content (AvgIpc) is 3.30. The molecule has 0 amide bonds. The normalized spacial score (nSPS) is 12.2. The minimum atomic E-state index is -0.779. The maximum absolute atomic E-state index is 12.8. The first-order chi connectivity index (χ1) is 32.0. The second-order valence-electron chi connectivity index (χ2n) is 19.2. The third-order valence-corrected chi connectivity index (χ3v) is 12.6. The van der Waals surface area contributed by atoms with Crippen molar-refractivity contribution in [2.45, 2.75) is 309 Å². The summed E-state index contributed by atoms with van der Waals surface area (Å²) in [4.78, 5) is 38.1. The summed E-state index contributed by atoms with van der Waals surface area (Å²) in [6, 6.07) is 0. The first kappa shape index (κ1) is 62.6. The van der Waals surface area contributed by atoms with Crippen LogP contribution in [0.5, 0.6) is 0 Å².